The fraction of sp³-hybridized carbons (Fsp3) is 1.00. The van der Waals surface area contributed by atoms with Crippen LogP contribution in [0.15, 0.2) is 0 Å². The number of hydrogen-bond acceptors (Lipinski definition) is 3. The maximum absolute atomic E-state index is 11.3. The van der Waals surface area contributed by atoms with Crippen molar-refractivity contribution in [1.29, 1.82) is 0 Å². The van der Waals surface area contributed by atoms with Gasteiger partial charge in [-0.15, -0.1) is 0 Å². The molecule has 6 heteroatoms. The van der Waals surface area contributed by atoms with Crippen LogP contribution in [0.25, 0.3) is 0 Å². The molecule has 10 atom stereocenters. The second kappa shape index (κ2) is 8.13. The molecular weight excluding hydrogens is 399 g/mol. The highest BCUT2D eigenvalue weighted by atomic mass is 31.2. The summed E-state index contributed by atoms with van der Waals surface area (Å²) in [7, 11) is -3.90. The number of hydrogen-bond donors (Lipinski definition) is 4. The van der Waals surface area contributed by atoms with Crippen LogP contribution in [-0.2, 0) is 4.57 Å². The lowest BCUT2D eigenvalue weighted by molar-refractivity contribution is -0.174. The first-order chi connectivity index (χ1) is 14.0. The number of rotatable bonds is 5. The molecule has 4 aliphatic carbocycles. The first-order valence-electron chi connectivity index (χ1n) is 12.4. The number of aliphatic hydroxyl groups is 2. The average Bonchev–Trinajstić information content (AvgIpc) is 2.99. The third-order valence-corrected chi connectivity index (χ3v) is 11.4. The normalized spacial score (nSPS) is 49.8. The van der Waals surface area contributed by atoms with E-state index in [1.807, 2.05) is 0 Å². The molecule has 4 aliphatic rings. The van der Waals surface area contributed by atoms with Crippen LogP contribution >= 0.6 is 7.60 Å². The van der Waals surface area contributed by atoms with E-state index in [9.17, 15) is 24.6 Å². The lowest BCUT2D eigenvalue weighted by Crippen LogP contribution is -2.58. The molecule has 0 aromatic rings. The molecule has 5 nitrogen and oxygen atoms in total. The van der Waals surface area contributed by atoms with E-state index >= 15 is 0 Å². The minimum absolute atomic E-state index is 0.000783. The summed E-state index contributed by atoms with van der Waals surface area (Å²) in [5.74, 6) is 3.02. The van der Waals surface area contributed by atoms with E-state index in [-0.39, 0.29) is 29.2 Å². The zero-order valence-electron chi connectivity index (χ0n) is 19.0. The van der Waals surface area contributed by atoms with E-state index in [0.717, 1.165) is 32.1 Å². The summed E-state index contributed by atoms with van der Waals surface area (Å²) in [5, 5.41) is 21.5. The van der Waals surface area contributed by atoms with Crippen molar-refractivity contribution in [3.05, 3.63) is 0 Å². The smallest absolute Gasteiger partial charge is 0.325 e. The van der Waals surface area contributed by atoms with E-state index in [0.29, 0.717) is 41.9 Å². The summed E-state index contributed by atoms with van der Waals surface area (Å²) < 4.78 is 11.2. The van der Waals surface area contributed by atoms with Crippen molar-refractivity contribution in [1.82, 2.24) is 0 Å². The third-order valence-electron chi connectivity index (χ3n) is 10.5. The largest absolute Gasteiger partial charge is 0.393 e. The fourth-order valence-corrected chi connectivity index (χ4v) is 9.59. The molecule has 4 N–H and O–H groups in total. The van der Waals surface area contributed by atoms with Crippen LogP contribution < -0.4 is 0 Å². The summed E-state index contributed by atoms with van der Waals surface area (Å²) in [4.78, 5) is 18.4. The van der Waals surface area contributed by atoms with Gasteiger partial charge in [0.25, 0.3) is 0 Å². The Labute approximate surface area is 182 Å². The van der Waals surface area contributed by atoms with Gasteiger partial charge in [0.2, 0.25) is 0 Å². The average molecular weight is 443 g/mol. The van der Waals surface area contributed by atoms with Gasteiger partial charge in [-0.3, -0.25) is 4.57 Å². The van der Waals surface area contributed by atoms with E-state index in [4.69, 9.17) is 0 Å². The SMILES string of the molecule is C[C@H](CCCP(=O)(O)O)[C@H]1CC[C@H]2[C@@H]3[C@H](O)C[C@@H]4C[C@H](O)CC[C@]4(C)[C@H]3CC[C@]12C. The maximum Gasteiger partial charge on any atom is 0.325 e. The van der Waals surface area contributed by atoms with Crippen molar-refractivity contribution in [2.24, 2.45) is 46.3 Å². The highest BCUT2D eigenvalue weighted by Gasteiger charge is 2.62. The van der Waals surface area contributed by atoms with Gasteiger partial charge in [-0.05, 0) is 111 Å². The Morgan fingerprint density at radius 2 is 1.63 bits per heavy atom. The summed E-state index contributed by atoms with van der Waals surface area (Å²) >= 11 is 0. The van der Waals surface area contributed by atoms with Gasteiger partial charge in [-0.2, -0.15) is 0 Å². The van der Waals surface area contributed by atoms with Gasteiger partial charge >= 0.3 is 7.60 Å². The second-order valence-electron chi connectivity index (χ2n) is 12.0. The van der Waals surface area contributed by atoms with Crippen LogP contribution in [0.5, 0.6) is 0 Å². The van der Waals surface area contributed by atoms with Crippen molar-refractivity contribution in [3.8, 4) is 0 Å². The molecule has 4 fully saturated rings. The van der Waals surface area contributed by atoms with Crippen LogP contribution in [0, 0.1) is 46.3 Å². The van der Waals surface area contributed by atoms with Crippen molar-refractivity contribution in [3.63, 3.8) is 0 Å². The number of aliphatic hydroxyl groups excluding tert-OH is 2. The van der Waals surface area contributed by atoms with E-state index < -0.39 is 7.60 Å². The first kappa shape index (κ1) is 23.2. The molecule has 0 aromatic heterocycles. The summed E-state index contributed by atoms with van der Waals surface area (Å²) in [6.07, 6.45) is 9.53. The lowest BCUT2D eigenvalue weighted by Gasteiger charge is -2.62. The molecule has 0 bridgehead atoms. The molecule has 4 saturated carbocycles. The second-order valence-corrected chi connectivity index (χ2v) is 13.7. The molecule has 0 aromatic carbocycles. The molecule has 174 valence electrons. The van der Waals surface area contributed by atoms with Gasteiger partial charge in [-0.25, -0.2) is 0 Å². The maximum atomic E-state index is 11.3. The van der Waals surface area contributed by atoms with E-state index in [1.54, 1.807) is 0 Å². The van der Waals surface area contributed by atoms with Crippen molar-refractivity contribution < 1.29 is 24.6 Å². The Bertz CT molecular complexity index is 679. The minimum Gasteiger partial charge on any atom is -0.393 e. The third kappa shape index (κ3) is 3.96. The van der Waals surface area contributed by atoms with Gasteiger partial charge in [0.1, 0.15) is 0 Å². The molecule has 0 aliphatic heterocycles. The Hall–Kier alpha value is 0.0700. The lowest BCUT2D eigenvalue weighted by atomic mass is 9.43. The predicted octanol–water partition coefficient (Wildman–Crippen LogP) is 4.57. The molecule has 0 unspecified atom stereocenters. The van der Waals surface area contributed by atoms with Crippen LogP contribution in [0.1, 0.15) is 85.0 Å². The highest BCUT2D eigenvalue weighted by molar-refractivity contribution is 7.51. The Morgan fingerprint density at radius 3 is 2.33 bits per heavy atom. The first-order valence-corrected chi connectivity index (χ1v) is 14.2. The van der Waals surface area contributed by atoms with E-state index in [1.165, 1.54) is 25.7 Å². The van der Waals surface area contributed by atoms with Gasteiger partial charge < -0.3 is 20.0 Å². The molecule has 0 heterocycles. The molecule has 0 radical (unpaired) electrons. The van der Waals surface area contributed by atoms with E-state index in [2.05, 4.69) is 20.8 Å². The van der Waals surface area contributed by atoms with Gasteiger partial charge in [0.05, 0.1) is 12.2 Å². The molecule has 0 spiro atoms. The van der Waals surface area contributed by atoms with Crippen LogP contribution in [0.3, 0.4) is 0 Å². The Kier molecular flexibility index (Phi) is 6.30. The molecule has 4 rings (SSSR count). The Morgan fingerprint density at radius 1 is 0.967 bits per heavy atom. The number of fused-ring (bicyclic) bond motifs is 5. The highest BCUT2D eigenvalue weighted by Crippen LogP contribution is 2.68. The zero-order chi connectivity index (χ0) is 21.9. The standard InChI is InChI=1S/C24H43O5P/c1-15(5-4-12-30(27,28)29)18-6-7-19-22-20(9-11-24(18,19)3)23(2)10-8-17(25)13-16(23)14-21(22)26/h15-22,25-26H,4-14H2,1-3H3,(H2,27,28,29)/t15-,16+,17-,18-,19+,20+,21-,22+,23+,24-/m1/s1. The van der Waals surface area contributed by atoms with Gasteiger partial charge in [-0.1, -0.05) is 20.8 Å². The van der Waals surface area contributed by atoms with Gasteiger partial charge in [0.15, 0.2) is 0 Å². The summed E-state index contributed by atoms with van der Waals surface area (Å²) in [5.41, 5.74) is 0.499. The fourth-order valence-electron chi connectivity index (χ4n) is 9.00. The summed E-state index contributed by atoms with van der Waals surface area (Å²) in [6, 6.07) is 0. The quantitative estimate of drug-likeness (QED) is 0.468. The van der Waals surface area contributed by atoms with Crippen LogP contribution in [0.2, 0.25) is 0 Å². The summed E-state index contributed by atoms with van der Waals surface area (Å²) in [6.45, 7) is 7.19. The topological polar surface area (TPSA) is 98.0 Å². The van der Waals surface area contributed by atoms with Crippen LogP contribution in [-0.4, -0.2) is 38.4 Å². The Balaban J connectivity index is 1.49. The molecule has 0 amide bonds. The van der Waals surface area contributed by atoms with Crippen LogP contribution in [0.4, 0.5) is 0 Å². The predicted molar refractivity (Wildman–Crippen MR) is 118 cm³/mol. The van der Waals surface area contributed by atoms with Crippen molar-refractivity contribution in [2.45, 2.75) is 97.2 Å². The molecule has 30 heavy (non-hydrogen) atoms. The molecular formula is C24H43O5P. The minimum atomic E-state index is -3.90. The van der Waals surface area contributed by atoms with Crippen molar-refractivity contribution in [2.75, 3.05) is 6.16 Å². The molecule has 0 saturated heterocycles. The monoisotopic (exact) mass is 442 g/mol. The van der Waals surface area contributed by atoms with Crippen molar-refractivity contribution >= 4 is 7.60 Å². The van der Waals surface area contributed by atoms with Gasteiger partial charge in [0, 0.05) is 6.16 Å². The zero-order valence-corrected chi connectivity index (χ0v) is 19.9.